The van der Waals surface area contributed by atoms with Crippen molar-refractivity contribution in [2.24, 2.45) is 17.8 Å². The van der Waals surface area contributed by atoms with Gasteiger partial charge in [-0.25, -0.2) is 10.4 Å². The summed E-state index contributed by atoms with van der Waals surface area (Å²) >= 11 is 0. The maximum atomic E-state index is 10.6. The van der Waals surface area contributed by atoms with Crippen LogP contribution in [0.5, 0.6) is 0 Å². The molecule has 12 nitrogen and oxygen atoms in total. The molecule has 0 aromatic heterocycles. The van der Waals surface area contributed by atoms with Crippen LogP contribution in [0.25, 0.3) is 0 Å². The van der Waals surface area contributed by atoms with Crippen LogP contribution < -0.4 is 0 Å². The zero-order chi connectivity index (χ0) is 27.5. The van der Waals surface area contributed by atoms with Crippen LogP contribution in [0, 0.1) is 42.3 Å². The van der Waals surface area contributed by atoms with E-state index in [4.69, 9.17) is 15.3 Å². The largest absolute Gasteiger partial charge is 2.00 e. The fourth-order valence-electron chi connectivity index (χ4n) is 4.10. The molecule has 4 rings (SSSR count). The van der Waals surface area contributed by atoms with Crippen molar-refractivity contribution in [3.63, 3.8) is 0 Å². The Morgan fingerprint density at radius 2 is 1.08 bits per heavy atom. The van der Waals surface area contributed by atoms with Crippen LogP contribution in [-0.4, -0.2) is 80.4 Å². The summed E-state index contributed by atoms with van der Waals surface area (Å²) in [6.07, 6.45) is 12.3. The first-order chi connectivity index (χ1) is 16.9. The Morgan fingerprint density at radius 3 is 1.24 bits per heavy atom. The van der Waals surface area contributed by atoms with Crippen LogP contribution in [0.15, 0.2) is 23.9 Å². The molecule has 3 atom stereocenters. The molecular weight excluding hydrogens is 529 g/mol. The van der Waals surface area contributed by atoms with Gasteiger partial charge in [0.15, 0.2) is 39.3 Å². The third-order valence-corrected chi connectivity index (χ3v) is 5.87. The van der Waals surface area contributed by atoms with E-state index in [1.54, 1.807) is 6.20 Å². The van der Waals surface area contributed by atoms with Crippen molar-refractivity contribution >= 4 is 0 Å². The van der Waals surface area contributed by atoms with Gasteiger partial charge in [0.1, 0.15) is 4.91 Å². The van der Waals surface area contributed by atoms with Crippen LogP contribution in [-0.2, 0) is 16.5 Å². The maximum absolute atomic E-state index is 10.6. The van der Waals surface area contributed by atoms with Gasteiger partial charge in [-0.2, -0.15) is 0 Å². The molecule has 4 aliphatic rings. The third-order valence-electron chi connectivity index (χ3n) is 5.87. The number of piperidine rings is 3. The minimum atomic E-state index is -1.25. The number of allylic oxidation sites excluding steroid dienone is 2. The minimum Gasteiger partial charge on any atom is -0.201 e. The van der Waals surface area contributed by atoms with Gasteiger partial charge in [0.05, 0.1) is 0 Å². The molecule has 0 aromatic carbocycles. The standard InChI is InChI=1S/3C6H12NO.C6H8NO.H2NO3.Ni/c4*1-6-3-2-4-7(8)5-6;2-1(3)4;/h3*6H,2-5H2,1H3;2-3,5H,4H2,1H3;(H2,2,3,4);/q5*+1;+2. The predicted octanol–water partition coefficient (Wildman–Crippen LogP) is 4.37. The molecular formula is C24H46N5NiO7+7. The number of nitrogens with zero attached hydrogens (tertiary/aromatic N) is 5. The first kappa shape index (κ1) is 36.7. The van der Waals surface area contributed by atoms with Gasteiger partial charge in [-0.3, -0.25) is 0 Å². The van der Waals surface area contributed by atoms with Crippen LogP contribution in [0.4, 0.5) is 0 Å². The molecule has 3 fully saturated rings. The van der Waals surface area contributed by atoms with Gasteiger partial charge >= 0.3 is 21.6 Å². The first-order valence-corrected chi connectivity index (χ1v) is 12.8. The molecule has 4 aliphatic heterocycles. The number of hydrogen-bond acceptors (Lipinski definition) is 5. The molecule has 37 heavy (non-hydrogen) atoms. The molecule has 3 saturated heterocycles. The quantitative estimate of drug-likeness (QED) is 0.248. The first-order valence-electron chi connectivity index (χ1n) is 12.8. The van der Waals surface area contributed by atoms with E-state index in [1.165, 1.54) is 19.3 Å². The average molecular weight is 575 g/mol. The average Bonchev–Trinajstić information content (AvgIpc) is 2.74. The van der Waals surface area contributed by atoms with Crippen molar-refractivity contribution in [3.05, 3.63) is 48.5 Å². The zero-order valence-corrected chi connectivity index (χ0v) is 23.6. The van der Waals surface area contributed by atoms with Crippen molar-refractivity contribution < 1.29 is 51.0 Å². The summed E-state index contributed by atoms with van der Waals surface area (Å²) in [4.78, 5) is 50.7. The Morgan fingerprint density at radius 1 is 0.757 bits per heavy atom. The van der Waals surface area contributed by atoms with Crippen molar-refractivity contribution in [2.45, 2.75) is 66.2 Å². The second-order valence-electron chi connectivity index (χ2n) is 10.0. The van der Waals surface area contributed by atoms with Gasteiger partial charge in [0, 0.05) is 67.0 Å². The van der Waals surface area contributed by atoms with Gasteiger partial charge < -0.3 is 0 Å². The Bertz CT molecular complexity index is 739. The zero-order valence-electron chi connectivity index (χ0n) is 22.6. The fourth-order valence-corrected chi connectivity index (χ4v) is 4.10. The molecule has 2 N–H and O–H groups in total. The van der Waals surface area contributed by atoms with E-state index in [0.29, 0.717) is 24.3 Å². The summed E-state index contributed by atoms with van der Waals surface area (Å²) in [6, 6.07) is 0. The summed E-state index contributed by atoms with van der Waals surface area (Å²) in [6.45, 7) is 13.3. The van der Waals surface area contributed by atoms with Crippen molar-refractivity contribution in [3.8, 4) is 0 Å². The van der Waals surface area contributed by atoms with Crippen LogP contribution in [0.2, 0.25) is 0 Å². The molecule has 0 aromatic rings. The third kappa shape index (κ3) is 23.7. The normalized spacial score (nSPS) is 24.5. The van der Waals surface area contributed by atoms with E-state index < -0.39 is 5.09 Å². The molecule has 4 heterocycles. The second kappa shape index (κ2) is 21.6. The van der Waals surface area contributed by atoms with E-state index in [1.807, 2.05) is 19.1 Å². The number of nitroso groups, excluding NO2 is 4. The van der Waals surface area contributed by atoms with Gasteiger partial charge in [-0.15, -0.1) is 0 Å². The fraction of sp³-hybridized carbons (Fsp3) is 0.833. The van der Waals surface area contributed by atoms with E-state index in [0.717, 1.165) is 83.1 Å². The van der Waals surface area contributed by atoms with E-state index >= 15 is 0 Å². The smallest absolute Gasteiger partial charge is 0.201 e. The van der Waals surface area contributed by atoms with E-state index in [2.05, 4.69) is 20.8 Å². The molecule has 0 aliphatic carbocycles. The number of rotatable bonds is 0. The van der Waals surface area contributed by atoms with Crippen LogP contribution in [0.1, 0.15) is 66.2 Å². The van der Waals surface area contributed by atoms with Crippen molar-refractivity contribution in [1.82, 2.24) is 0 Å². The summed E-state index contributed by atoms with van der Waals surface area (Å²) in [7, 11) is 0. The Kier molecular flexibility index (Phi) is 21.5. The van der Waals surface area contributed by atoms with Gasteiger partial charge in [0.25, 0.3) is 0 Å². The molecule has 3 unspecified atom stereocenters. The molecule has 0 bridgehead atoms. The monoisotopic (exact) mass is 574 g/mol. The summed E-state index contributed by atoms with van der Waals surface area (Å²) in [5, 5.41) is 12.5. The summed E-state index contributed by atoms with van der Waals surface area (Å²) in [5.41, 5.74) is 1.02. The van der Waals surface area contributed by atoms with E-state index in [9.17, 15) is 19.6 Å². The summed E-state index contributed by atoms with van der Waals surface area (Å²) < 4.78 is 4.39. The molecule has 0 saturated carbocycles. The predicted molar refractivity (Wildman–Crippen MR) is 134 cm³/mol. The Hall–Kier alpha value is -2.43. The Balaban J connectivity index is 0. The van der Waals surface area contributed by atoms with Crippen LogP contribution >= 0.6 is 0 Å². The van der Waals surface area contributed by atoms with Gasteiger partial charge in [0.2, 0.25) is 12.7 Å². The molecule has 212 valence electrons. The van der Waals surface area contributed by atoms with Gasteiger partial charge in [-0.1, -0.05) is 26.8 Å². The van der Waals surface area contributed by atoms with Gasteiger partial charge in [-0.05, 0) is 46.5 Å². The minimum absolute atomic E-state index is 0. The molecule has 0 amide bonds. The molecule has 0 spiro atoms. The molecule has 0 radical (unpaired) electrons. The van der Waals surface area contributed by atoms with E-state index in [-0.39, 0.29) is 16.5 Å². The van der Waals surface area contributed by atoms with Crippen LogP contribution in [0.3, 0.4) is 0 Å². The van der Waals surface area contributed by atoms with Crippen molar-refractivity contribution in [1.29, 1.82) is 0 Å². The topological polar surface area (TPSA) is 141 Å². The Labute approximate surface area is 229 Å². The molecule has 13 heteroatoms. The van der Waals surface area contributed by atoms with Crippen molar-refractivity contribution in [2.75, 3.05) is 45.8 Å². The summed E-state index contributed by atoms with van der Waals surface area (Å²) in [5.74, 6) is 1.88. The maximum Gasteiger partial charge on any atom is 2.00 e. The SMILES string of the molecule is CC1=C[N+](=O)CC=C1.CC1CCC[N+](=O)C1.CC1CCC[N+](=O)C1.CC1CCC[N+](=O)C1.O=[N+](O)O.[Ni+2]. The number of hydrogen-bond donors (Lipinski definition) is 2. The second-order valence-corrected chi connectivity index (χ2v) is 10.0.